The Morgan fingerprint density at radius 3 is 1.33 bits per heavy atom. The molecule has 2 aromatic rings. The summed E-state index contributed by atoms with van der Waals surface area (Å²) in [5.41, 5.74) is -4.23. The zero-order chi connectivity index (χ0) is 32.6. The van der Waals surface area contributed by atoms with Crippen molar-refractivity contribution in [1.82, 2.24) is 10.6 Å². The van der Waals surface area contributed by atoms with E-state index in [9.17, 15) is 52.8 Å². The number of carbonyl (C=O) groups excluding carboxylic acids is 2. The first-order valence-electron chi connectivity index (χ1n) is 11.3. The van der Waals surface area contributed by atoms with E-state index < -0.39 is 78.9 Å². The molecule has 14 nitrogen and oxygen atoms in total. The van der Waals surface area contributed by atoms with Gasteiger partial charge in [-0.3, -0.25) is 9.11 Å². The Morgan fingerprint density at radius 2 is 1.02 bits per heavy atom. The van der Waals surface area contributed by atoms with Crippen LogP contribution in [0.2, 0.25) is 0 Å². The van der Waals surface area contributed by atoms with E-state index in [1.807, 2.05) is 0 Å². The zero-order valence-corrected chi connectivity index (χ0v) is 22.9. The zero-order valence-electron chi connectivity index (χ0n) is 21.2. The molecule has 240 valence electrons. The molecule has 0 fully saturated rings. The molecular formula is C21H22F6N4O10S2. The van der Waals surface area contributed by atoms with E-state index in [0.29, 0.717) is 12.1 Å². The molecule has 0 atom stereocenters. The van der Waals surface area contributed by atoms with Crippen LogP contribution in [0.15, 0.2) is 36.4 Å². The Balaban J connectivity index is 1.98. The van der Waals surface area contributed by atoms with Crippen molar-refractivity contribution >= 4 is 43.7 Å². The van der Waals surface area contributed by atoms with Gasteiger partial charge < -0.3 is 30.7 Å². The summed E-state index contributed by atoms with van der Waals surface area (Å²) in [5, 5.41) is 6.88. The summed E-state index contributed by atoms with van der Waals surface area (Å²) in [6.45, 7) is -0.531. The van der Waals surface area contributed by atoms with Gasteiger partial charge in [-0.05, 0) is 36.4 Å². The molecule has 0 spiro atoms. The van der Waals surface area contributed by atoms with Crippen molar-refractivity contribution < 1.29 is 71.3 Å². The minimum absolute atomic E-state index is 0.0290. The molecule has 2 aromatic carbocycles. The Morgan fingerprint density at radius 1 is 0.674 bits per heavy atom. The highest BCUT2D eigenvalue weighted by molar-refractivity contribution is 7.86. The van der Waals surface area contributed by atoms with Gasteiger partial charge in [-0.25, -0.2) is 9.59 Å². The standard InChI is InChI=1S/C21H22F6N4O10S2/c22-20(23,24)14-8-12(2-4-16(14)30-18(32)28-10-42(34,35)36)40-6-1-7-41-13-3-5-17(15(9-13)21(25,26)27)31-19(33)29-11-43(37,38)39/h2-5,8-9H,1,6-7,10-11H2,(H2,28,30,32)(H2,29,31,33)(H,34,35,36)(H,37,38,39). The van der Waals surface area contributed by atoms with Crippen molar-refractivity contribution in [1.29, 1.82) is 0 Å². The van der Waals surface area contributed by atoms with Crippen molar-refractivity contribution in [2.75, 3.05) is 35.6 Å². The number of rotatable bonds is 12. The van der Waals surface area contributed by atoms with E-state index in [4.69, 9.17) is 18.6 Å². The first-order chi connectivity index (χ1) is 19.6. The quantitative estimate of drug-likeness (QED) is 0.110. The van der Waals surface area contributed by atoms with Crippen molar-refractivity contribution in [3.63, 3.8) is 0 Å². The lowest BCUT2D eigenvalue weighted by Gasteiger charge is -2.17. The Bertz CT molecular complexity index is 1420. The minimum atomic E-state index is -4.98. The lowest BCUT2D eigenvalue weighted by molar-refractivity contribution is -0.137. The monoisotopic (exact) mass is 668 g/mol. The number of anilines is 2. The number of carbonyl (C=O) groups is 2. The SMILES string of the molecule is O=C(NCS(=O)(=O)O)Nc1ccc(OCCCOc2ccc(NC(=O)NCS(=O)(=O)O)c(C(F)(F)F)c2)cc1C(F)(F)F. The molecule has 0 aliphatic carbocycles. The van der Waals surface area contributed by atoms with Crippen LogP contribution in [0.25, 0.3) is 0 Å². The summed E-state index contributed by atoms with van der Waals surface area (Å²) in [5.74, 6) is -3.12. The van der Waals surface area contributed by atoms with E-state index in [0.717, 1.165) is 24.3 Å². The maximum absolute atomic E-state index is 13.5. The van der Waals surface area contributed by atoms with Crippen LogP contribution in [0, 0.1) is 0 Å². The fourth-order valence-electron chi connectivity index (χ4n) is 3.00. The number of benzene rings is 2. The molecule has 0 bridgehead atoms. The van der Waals surface area contributed by atoms with Gasteiger partial charge >= 0.3 is 24.4 Å². The average Bonchev–Trinajstić information content (AvgIpc) is 2.85. The smallest absolute Gasteiger partial charge is 0.418 e. The third-order valence-corrected chi connectivity index (χ3v) is 5.76. The van der Waals surface area contributed by atoms with Crippen LogP contribution in [0.5, 0.6) is 11.5 Å². The molecule has 43 heavy (non-hydrogen) atoms. The van der Waals surface area contributed by atoms with Crippen molar-refractivity contribution in [2.24, 2.45) is 0 Å². The molecule has 0 unspecified atom stereocenters. The van der Waals surface area contributed by atoms with Gasteiger partial charge in [-0.15, -0.1) is 0 Å². The fraction of sp³-hybridized carbons (Fsp3) is 0.333. The summed E-state index contributed by atoms with van der Waals surface area (Å²) in [7, 11) is -9.25. The van der Waals surface area contributed by atoms with Gasteiger partial charge in [0.05, 0.1) is 35.7 Å². The normalized spacial score (nSPS) is 12.3. The third kappa shape index (κ3) is 12.8. The molecular weight excluding hydrogens is 646 g/mol. The van der Waals surface area contributed by atoms with Crippen LogP contribution >= 0.6 is 0 Å². The lowest BCUT2D eigenvalue weighted by Crippen LogP contribution is -2.33. The van der Waals surface area contributed by atoms with Crippen LogP contribution in [-0.4, -0.2) is 63.0 Å². The topological polar surface area (TPSA) is 209 Å². The maximum Gasteiger partial charge on any atom is 0.418 e. The van der Waals surface area contributed by atoms with E-state index >= 15 is 0 Å². The van der Waals surface area contributed by atoms with E-state index in [-0.39, 0.29) is 31.1 Å². The molecule has 22 heteroatoms. The van der Waals surface area contributed by atoms with Crippen LogP contribution < -0.4 is 30.7 Å². The molecule has 0 aromatic heterocycles. The van der Waals surface area contributed by atoms with Crippen molar-refractivity contribution in [3.8, 4) is 11.5 Å². The van der Waals surface area contributed by atoms with Crippen LogP contribution in [0.3, 0.4) is 0 Å². The van der Waals surface area contributed by atoms with Crippen LogP contribution in [-0.2, 0) is 32.6 Å². The maximum atomic E-state index is 13.5. The molecule has 0 radical (unpaired) electrons. The minimum Gasteiger partial charge on any atom is -0.493 e. The number of hydrogen-bond donors (Lipinski definition) is 6. The molecule has 0 heterocycles. The van der Waals surface area contributed by atoms with E-state index in [1.165, 1.54) is 0 Å². The number of nitrogens with one attached hydrogen (secondary N) is 4. The highest BCUT2D eigenvalue weighted by Crippen LogP contribution is 2.38. The summed E-state index contributed by atoms with van der Waals surface area (Å²) in [6, 6.07) is 2.08. The van der Waals surface area contributed by atoms with E-state index in [2.05, 4.69) is 0 Å². The molecule has 6 N–H and O–H groups in total. The second kappa shape index (κ2) is 14.0. The summed E-state index contributed by atoms with van der Waals surface area (Å²) < 4.78 is 151. The Hall–Kier alpha value is -4.02. The largest absolute Gasteiger partial charge is 0.493 e. The number of amides is 4. The summed E-state index contributed by atoms with van der Waals surface area (Å²) in [6.07, 6.45) is -10.00. The first-order valence-corrected chi connectivity index (χ1v) is 14.5. The number of hydrogen-bond acceptors (Lipinski definition) is 8. The van der Waals surface area contributed by atoms with E-state index in [1.54, 1.807) is 21.3 Å². The van der Waals surface area contributed by atoms with Gasteiger partial charge in [-0.2, -0.15) is 43.2 Å². The number of halogens is 6. The van der Waals surface area contributed by atoms with Gasteiger partial charge in [0.15, 0.2) is 0 Å². The average molecular weight is 669 g/mol. The fourth-order valence-corrected chi connectivity index (χ4v) is 3.63. The van der Waals surface area contributed by atoms with Gasteiger partial charge in [-0.1, -0.05) is 0 Å². The summed E-state index contributed by atoms with van der Waals surface area (Å²) >= 11 is 0. The highest BCUT2D eigenvalue weighted by Gasteiger charge is 2.35. The molecule has 0 saturated carbocycles. The first kappa shape index (κ1) is 35.2. The third-order valence-electron chi connectivity index (χ3n) is 4.75. The van der Waals surface area contributed by atoms with Crippen molar-refractivity contribution in [2.45, 2.75) is 18.8 Å². The predicted molar refractivity (Wildman–Crippen MR) is 136 cm³/mol. The Kier molecular flexibility index (Phi) is 11.4. The van der Waals surface area contributed by atoms with Gasteiger partial charge in [0, 0.05) is 6.42 Å². The number of alkyl halides is 6. The molecule has 0 saturated heterocycles. The molecule has 4 amide bonds. The molecule has 2 rings (SSSR count). The van der Waals surface area contributed by atoms with Gasteiger partial charge in [0.25, 0.3) is 20.2 Å². The Labute approximate surface area is 239 Å². The lowest BCUT2D eigenvalue weighted by atomic mass is 10.1. The second-order valence-electron chi connectivity index (χ2n) is 8.18. The number of urea groups is 2. The molecule has 0 aliphatic heterocycles. The van der Waals surface area contributed by atoms with Gasteiger partial charge in [0.1, 0.15) is 23.3 Å². The van der Waals surface area contributed by atoms with Crippen LogP contribution in [0.1, 0.15) is 17.5 Å². The second-order valence-corrected chi connectivity index (χ2v) is 11.1. The van der Waals surface area contributed by atoms with Crippen molar-refractivity contribution in [3.05, 3.63) is 47.5 Å². The highest BCUT2D eigenvalue weighted by atomic mass is 32.2. The van der Waals surface area contributed by atoms with Gasteiger partial charge in [0.2, 0.25) is 0 Å². The number of ether oxygens (including phenoxy) is 2. The van der Waals surface area contributed by atoms with Crippen LogP contribution in [0.4, 0.5) is 47.3 Å². The molecule has 0 aliphatic rings. The summed E-state index contributed by atoms with van der Waals surface area (Å²) in [4.78, 5) is 23.3. The predicted octanol–water partition coefficient (Wildman–Crippen LogP) is 3.51.